The van der Waals surface area contributed by atoms with Gasteiger partial charge in [0.05, 0.1) is 27.7 Å². The summed E-state index contributed by atoms with van der Waals surface area (Å²) in [5, 5.41) is 7.41. The topological polar surface area (TPSA) is 125 Å². The maximum atomic E-state index is 6.36. The van der Waals surface area contributed by atoms with Gasteiger partial charge in [-0.2, -0.15) is 5.10 Å². The number of pyridine rings is 1. The lowest BCUT2D eigenvalue weighted by Gasteiger charge is -2.19. The molecule has 1 aliphatic heterocycles. The minimum Gasteiger partial charge on any atom is -0.383 e. The summed E-state index contributed by atoms with van der Waals surface area (Å²) in [6.07, 6.45) is 3.89. The number of aromatic nitrogens is 6. The van der Waals surface area contributed by atoms with Gasteiger partial charge < -0.3 is 16.4 Å². The van der Waals surface area contributed by atoms with E-state index in [4.69, 9.17) is 21.5 Å². The highest BCUT2D eigenvalue weighted by Gasteiger charge is 2.20. The van der Waals surface area contributed by atoms with Crippen LogP contribution in [0.2, 0.25) is 0 Å². The SMILES string of the molecule is Nc1nc2ccc(-c3nn(Cc4cc(N5CCCC5)nc5ccccc45)c4ncnc(N)c34)cc2s1. The van der Waals surface area contributed by atoms with Gasteiger partial charge in [0.1, 0.15) is 23.7 Å². The van der Waals surface area contributed by atoms with E-state index in [1.165, 1.54) is 30.5 Å². The number of benzene rings is 2. The van der Waals surface area contributed by atoms with Gasteiger partial charge in [-0.15, -0.1) is 0 Å². The highest BCUT2D eigenvalue weighted by molar-refractivity contribution is 7.22. The molecule has 5 heterocycles. The van der Waals surface area contributed by atoms with Crippen LogP contribution in [0, 0.1) is 0 Å². The Morgan fingerprint density at radius 3 is 2.67 bits per heavy atom. The smallest absolute Gasteiger partial charge is 0.181 e. The van der Waals surface area contributed by atoms with Crippen LogP contribution in [0.3, 0.4) is 0 Å². The standard InChI is InChI=1S/C26H23N9S/c27-24-22-23(15-7-8-19-20(11-15)36-26(28)32-19)33-35(25(22)30-14-29-24)13-16-12-21(34-9-3-4-10-34)31-18-6-2-1-5-17(16)18/h1-2,5-8,11-12,14H,3-4,9-10,13H2,(H2,28,32)(H2,27,29,30). The van der Waals surface area contributed by atoms with E-state index in [0.717, 1.165) is 62.2 Å². The molecule has 4 aromatic heterocycles. The fourth-order valence-electron chi connectivity index (χ4n) is 5.06. The minimum absolute atomic E-state index is 0.405. The monoisotopic (exact) mass is 493 g/mol. The summed E-state index contributed by atoms with van der Waals surface area (Å²) in [7, 11) is 0. The highest BCUT2D eigenvalue weighted by Crippen LogP contribution is 2.35. The fourth-order valence-corrected chi connectivity index (χ4v) is 5.84. The number of para-hydroxylation sites is 1. The molecule has 0 spiro atoms. The summed E-state index contributed by atoms with van der Waals surface area (Å²) >= 11 is 1.45. The molecule has 0 unspecified atom stereocenters. The molecule has 0 atom stereocenters. The molecule has 36 heavy (non-hydrogen) atoms. The first-order valence-corrected chi connectivity index (χ1v) is 12.7. The zero-order valence-corrected chi connectivity index (χ0v) is 20.2. The number of anilines is 3. The molecule has 9 nitrogen and oxygen atoms in total. The summed E-state index contributed by atoms with van der Waals surface area (Å²) in [6, 6.07) is 16.5. The summed E-state index contributed by atoms with van der Waals surface area (Å²) in [6.45, 7) is 2.61. The largest absolute Gasteiger partial charge is 0.383 e. The first-order chi connectivity index (χ1) is 17.6. The summed E-state index contributed by atoms with van der Waals surface area (Å²) < 4.78 is 2.92. The van der Waals surface area contributed by atoms with Crippen molar-refractivity contribution in [2.45, 2.75) is 19.4 Å². The third-order valence-corrected chi connectivity index (χ3v) is 7.62. The van der Waals surface area contributed by atoms with Crippen LogP contribution in [-0.4, -0.2) is 42.8 Å². The number of hydrogen-bond acceptors (Lipinski definition) is 9. The zero-order valence-electron chi connectivity index (χ0n) is 19.4. The zero-order chi connectivity index (χ0) is 24.2. The Morgan fingerprint density at radius 1 is 0.917 bits per heavy atom. The molecule has 0 bridgehead atoms. The number of rotatable bonds is 4. The molecule has 10 heteroatoms. The van der Waals surface area contributed by atoms with Gasteiger partial charge in [0.25, 0.3) is 0 Å². The van der Waals surface area contributed by atoms with E-state index in [2.05, 4.69) is 44.1 Å². The molecule has 178 valence electrons. The van der Waals surface area contributed by atoms with Crippen molar-refractivity contribution in [3.8, 4) is 11.3 Å². The van der Waals surface area contributed by atoms with Crippen LogP contribution in [0.15, 0.2) is 54.9 Å². The van der Waals surface area contributed by atoms with Crippen LogP contribution in [-0.2, 0) is 6.54 Å². The molecule has 7 rings (SSSR count). The Kier molecular flexibility index (Phi) is 4.74. The van der Waals surface area contributed by atoms with Gasteiger partial charge in [-0.1, -0.05) is 35.6 Å². The maximum absolute atomic E-state index is 6.36. The molecule has 0 saturated carbocycles. The van der Waals surface area contributed by atoms with Crippen molar-refractivity contribution in [1.29, 1.82) is 0 Å². The average molecular weight is 494 g/mol. The maximum Gasteiger partial charge on any atom is 0.181 e. The molecule has 2 aromatic carbocycles. The van der Waals surface area contributed by atoms with E-state index in [1.807, 2.05) is 28.9 Å². The van der Waals surface area contributed by atoms with Crippen molar-refractivity contribution in [1.82, 2.24) is 29.7 Å². The molecule has 1 fully saturated rings. The van der Waals surface area contributed by atoms with Gasteiger partial charge in [-0.3, -0.25) is 0 Å². The van der Waals surface area contributed by atoms with Gasteiger partial charge in [-0.25, -0.2) is 24.6 Å². The van der Waals surface area contributed by atoms with E-state index in [0.29, 0.717) is 23.1 Å². The molecule has 0 radical (unpaired) electrons. The van der Waals surface area contributed by atoms with Crippen LogP contribution >= 0.6 is 11.3 Å². The molecule has 0 amide bonds. The molecule has 4 N–H and O–H groups in total. The van der Waals surface area contributed by atoms with Gasteiger partial charge in [0.15, 0.2) is 10.8 Å². The Bertz CT molecular complexity index is 1760. The van der Waals surface area contributed by atoms with Crippen molar-refractivity contribution < 1.29 is 0 Å². The quantitative estimate of drug-likeness (QED) is 0.369. The highest BCUT2D eigenvalue weighted by atomic mass is 32.1. The van der Waals surface area contributed by atoms with E-state index < -0.39 is 0 Å². The van der Waals surface area contributed by atoms with Crippen LogP contribution in [0.4, 0.5) is 16.8 Å². The number of thiazole rings is 1. The number of hydrogen-bond donors (Lipinski definition) is 2. The van der Waals surface area contributed by atoms with Crippen LogP contribution in [0.1, 0.15) is 18.4 Å². The lowest BCUT2D eigenvalue weighted by molar-refractivity contribution is 0.709. The molecular weight excluding hydrogens is 470 g/mol. The second kappa shape index (κ2) is 8.13. The Balaban J connectivity index is 1.39. The van der Waals surface area contributed by atoms with E-state index in [-0.39, 0.29) is 0 Å². The number of nitrogens with two attached hydrogens (primary N) is 2. The first kappa shape index (κ1) is 21.0. The van der Waals surface area contributed by atoms with E-state index in [1.54, 1.807) is 0 Å². The van der Waals surface area contributed by atoms with Crippen molar-refractivity contribution >= 4 is 60.3 Å². The second-order valence-corrected chi connectivity index (χ2v) is 10.1. The third kappa shape index (κ3) is 3.41. The van der Waals surface area contributed by atoms with Gasteiger partial charge in [0, 0.05) is 24.0 Å². The van der Waals surface area contributed by atoms with Gasteiger partial charge in [-0.05, 0) is 42.7 Å². The second-order valence-electron chi connectivity index (χ2n) is 9.05. The summed E-state index contributed by atoms with van der Waals surface area (Å²) in [5.41, 5.74) is 17.6. The normalized spacial score (nSPS) is 13.9. The molecule has 6 aromatic rings. The predicted molar refractivity (Wildman–Crippen MR) is 145 cm³/mol. The fraction of sp³-hybridized carbons (Fsp3) is 0.192. The Hall–Kier alpha value is -4.31. The van der Waals surface area contributed by atoms with E-state index in [9.17, 15) is 0 Å². The molecular formula is C26H23N9S. The molecule has 1 aliphatic rings. The third-order valence-electron chi connectivity index (χ3n) is 6.78. The lowest BCUT2D eigenvalue weighted by atomic mass is 10.1. The summed E-state index contributed by atoms with van der Waals surface area (Å²) in [5.74, 6) is 1.42. The van der Waals surface area contributed by atoms with Crippen LogP contribution in [0.25, 0.3) is 43.4 Å². The van der Waals surface area contributed by atoms with Crippen molar-refractivity contribution in [3.63, 3.8) is 0 Å². The number of nitrogen functional groups attached to an aromatic ring is 2. The van der Waals surface area contributed by atoms with Crippen LogP contribution < -0.4 is 16.4 Å². The average Bonchev–Trinajstić information content (AvgIpc) is 3.62. The van der Waals surface area contributed by atoms with Crippen molar-refractivity contribution in [3.05, 3.63) is 60.4 Å². The lowest BCUT2D eigenvalue weighted by Crippen LogP contribution is -2.19. The summed E-state index contributed by atoms with van der Waals surface area (Å²) in [4.78, 5) is 20.5. The van der Waals surface area contributed by atoms with Gasteiger partial charge in [0.2, 0.25) is 0 Å². The Labute approximate surface area is 210 Å². The molecule has 1 saturated heterocycles. The van der Waals surface area contributed by atoms with Gasteiger partial charge >= 0.3 is 0 Å². The number of fused-ring (bicyclic) bond motifs is 3. The minimum atomic E-state index is 0.405. The van der Waals surface area contributed by atoms with Crippen LogP contribution in [0.5, 0.6) is 0 Å². The van der Waals surface area contributed by atoms with Crippen molar-refractivity contribution in [2.75, 3.05) is 29.5 Å². The van der Waals surface area contributed by atoms with E-state index >= 15 is 0 Å². The predicted octanol–water partition coefficient (Wildman–Crippen LogP) is 4.46. The number of nitrogens with zero attached hydrogens (tertiary/aromatic N) is 7. The van der Waals surface area contributed by atoms with Crippen molar-refractivity contribution in [2.24, 2.45) is 0 Å². The molecule has 0 aliphatic carbocycles. The first-order valence-electron chi connectivity index (χ1n) is 11.9. The Morgan fingerprint density at radius 2 is 1.78 bits per heavy atom.